The zero-order valence-corrected chi connectivity index (χ0v) is 23.1. The number of anilines is 1. The van der Waals surface area contributed by atoms with Crippen LogP contribution in [0, 0.1) is 11.7 Å². The number of halogens is 1. The number of carbonyl (C=O) groups is 1. The maximum absolute atomic E-state index is 15.0. The molecular formula is C30H32FN5O6. The molecule has 1 amide bonds. The Kier molecular flexibility index (Phi) is 7.85. The molecule has 8 rings (SSSR count). The first-order valence-corrected chi connectivity index (χ1v) is 14.3. The van der Waals surface area contributed by atoms with Crippen molar-refractivity contribution in [1.82, 2.24) is 20.3 Å². The maximum Gasteiger partial charge on any atom is 0.373 e. The minimum absolute atomic E-state index is 0.0187. The first-order chi connectivity index (χ1) is 20.4. The predicted octanol–water partition coefficient (Wildman–Crippen LogP) is 3.50. The maximum atomic E-state index is 15.0. The first kappa shape index (κ1) is 28.1. The van der Waals surface area contributed by atoms with E-state index >= 15 is 0 Å². The van der Waals surface area contributed by atoms with Gasteiger partial charge in [0.05, 0.1) is 41.7 Å². The summed E-state index contributed by atoms with van der Waals surface area (Å²) in [7, 11) is 0. The third-order valence-electron chi connectivity index (χ3n) is 8.68. The van der Waals surface area contributed by atoms with Gasteiger partial charge < -0.3 is 24.8 Å². The number of amides is 1. The van der Waals surface area contributed by atoms with Gasteiger partial charge in [0.25, 0.3) is 5.91 Å². The second-order valence-electron chi connectivity index (χ2n) is 11.5. The molecule has 0 aromatic carbocycles. The molecule has 6 heterocycles. The predicted molar refractivity (Wildman–Crippen MR) is 146 cm³/mol. The molecule has 42 heavy (non-hydrogen) atoms. The molecule has 2 saturated heterocycles. The van der Waals surface area contributed by atoms with Crippen LogP contribution < -0.4 is 20.1 Å². The van der Waals surface area contributed by atoms with Crippen molar-refractivity contribution >= 4 is 28.9 Å². The highest BCUT2D eigenvalue weighted by atomic mass is 19.1. The summed E-state index contributed by atoms with van der Waals surface area (Å²) in [5.74, 6) is 1.70. The van der Waals surface area contributed by atoms with Crippen LogP contribution in [0.1, 0.15) is 56.2 Å². The van der Waals surface area contributed by atoms with Gasteiger partial charge in [-0.05, 0) is 75.5 Å². The van der Waals surface area contributed by atoms with E-state index in [0.717, 1.165) is 37.8 Å². The van der Waals surface area contributed by atoms with Crippen molar-refractivity contribution < 1.29 is 33.0 Å². The minimum Gasteiger partial charge on any atom is -0.480 e. The lowest BCUT2D eigenvalue weighted by atomic mass is 9.69. The van der Waals surface area contributed by atoms with Crippen molar-refractivity contribution in [3.63, 3.8) is 0 Å². The number of hydrogen-bond acceptors (Lipinski definition) is 10. The van der Waals surface area contributed by atoms with Crippen LogP contribution in [0.4, 0.5) is 10.2 Å². The molecule has 3 aromatic heterocycles. The summed E-state index contributed by atoms with van der Waals surface area (Å²) in [6, 6.07) is 7.45. The lowest BCUT2D eigenvalue weighted by Gasteiger charge is -2.53. The second kappa shape index (κ2) is 11.7. The topological polar surface area (TPSA) is 142 Å². The quantitative estimate of drug-likeness (QED) is 0.388. The summed E-state index contributed by atoms with van der Waals surface area (Å²) in [4.78, 5) is 41.3. The molecule has 2 aliphatic carbocycles. The minimum atomic E-state index is -0.326. The fourth-order valence-corrected chi connectivity index (χ4v) is 5.93. The van der Waals surface area contributed by atoms with Crippen molar-refractivity contribution in [2.24, 2.45) is 5.92 Å². The standard InChI is InChI=1S/C29H32FN5O4.CO2/c30-21-14-31-22-4-6-25(38-15-18-1-2-18)35-26(22)20(21)7-8-29-11-9-28(10-12-29,17-39-29)32-13-19-3-5-23-27(33-19)34-24(36)16-37-23;2-1-3/h3-6,14,18,32H,1-2,7-13,15-17H2,(H,33,34,36);. The van der Waals surface area contributed by atoms with Crippen LogP contribution >= 0.6 is 0 Å². The van der Waals surface area contributed by atoms with Crippen molar-refractivity contribution in [2.45, 2.75) is 69.1 Å². The van der Waals surface area contributed by atoms with Gasteiger partial charge >= 0.3 is 6.15 Å². The normalized spacial score (nSPS) is 24.1. The van der Waals surface area contributed by atoms with E-state index < -0.39 is 0 Å². The molecule has 2 saturated carbocycles. The van der Waals surface area contributed by atoms with E-state index in [4.69, 9.17) is 23.8 Å². The SMILES string of the molecule is O=C1COc2ccc(CNC34CCC(CCc5c(F)cnc6ccc(OCC7CC7)nc56)(CC3)OC4)nc2N1.O=C=O. The van der Waals surface area contributed by atoms with E-state index in [1.165, 1.54) is 19.0 Å². The van der Waals surface area contributed by atoms with Crippen molar-refractivity contribution in [3.05, 3.63) is 47.5 Å². The van der Waals surface area contributed by atoms with Crippen molar-refractivity contribution in [1.29, 1.82) is 0 Å². The number of fused-ring (bicyclic) bond motifs is 5. The van der Waals surface area contributed by atoms with E-state index in [0.29, 0.717) is 66.1 Å². The summed E-state index contributed by atoms with van der Waals surface area (Å²) in [5, 5.41) is 6.44. The van der Waals surface area contributed by atoms with E-state index in [1.807, 2.05) is 24.3 Å². The largest absolute Gasteiger partial charge is 0.480 e. The number of hydrogen-bond donors (Lipinski definition) is 2. The smallest absolute Gasteiger partial charge is 0.373 e. The molecule has 2 N–H and O–H groups in total. The zero-order valence-electron chi connectivity index (χ0n) is 23.1. The number of rotatable bonds is 9. The molecule has 220 valence electrons. The molecule has 12 heteroatoms. The van der Waals surface area contributed by atoms with Crippen LogP contribution in [0.5, 0.6) is 11.6 Å². The first-order valence-electron chi connectivity index (χ1n) is 14.3. The van der Waals surface area contributed by atoms with Crippen LogP contribution in [-0.4, -0.2) is 58.0 Å². The lowest BCUT2D eigenvalue weighted by Crippen LogP contribution is -2.61. The van der Waals surface area contributed by atoms with E-state index in [2.05, 4.69) is 25.6 Å². The monoisotopic (exact) mass is 577 g/mol. The molecule has 0 radical (unpaired) electrons. The van der Waals surface area contributed by atoms with Crippen LogP contribution in [0.15, 0.2) is 30.5 Å². The van der Waals surface area contributed by atoms with Crippen LogP contribution in [0.2, 0.25) is 0 Å². The molecule has 3 aliphatic heterocycles. The van der Waals surface area contributed by atoms with Gasteiger partial charge in [-0.2, -0.15) is 9.59 Å². The molecule has 0 atom stereocenters. The molecule has 0 spiro atoms. The Balaban J connectivity index is 0.00000101. The lowest BCUT2D eigenvalue weighted by molar-refractivity contribution is -0.191. The Labute approximate surface area is 241 Å². The molecular weight excluding hydrogens is 545 g/mol. The highest BCUT2D eigenvalue weighted by Crippen LogP contribution is 2.46. The van der Waals surface area contributed by atoms with E-state index in [9.17, 15) is 9.18 Å². The third kappa shape index (κ3) is 6.11. The van der Waals surface area contributed by atoms with Crippen LogP contribution in [0.25, 0.3) is 11.0 Å². The van der Waals surface area contributed by atoms with Gasteiger partial charge in [0, 0.05) is 23.7 Å². The molecule has 2 bridgehead atoms. The zero-order chi connectivity index (χ0) is 29.2. The number of ether oxygens (including phenoxy) is 3. The number of carbonyl (C=O) groups excluding carboxylic acids is 3. The van der Waals surface area contributed by atoms with Gasteiger partial charge in [-0.15, -0.1) is 0 Å². The Morgan fingerprint density at radius 2 is 1.93 bits per heavy atom. The van der Waals surface area contributed by atoms with Gasteiger partial charge in [0.1, 0.15) is 5.82 Å². The van der Waals surface area contributed by atoms with Gasteiger partial charge in [0.2, 0.25) is 5.88 Å². The fourth-order valence-electron chi connectivity index (χ4n) is 5.93. The molecule has 5 aliphatic rings. The Hall–Kier alpha value is -3.99. The summed E-state index contributed by atoms with van der Waals surface area (Å²) >= 11 is 0. The van der Waals surface area contributed by atoms with E-state index in [1.54, 1.807) is 0 Å². The van der Waals surface area contributed by atoms with Gasteiger partial charge in [0.15, 0.2) is 18.2 Å². The number of aryl methyl sites for hydroxylation is 1. The average Bonchev–Trinajstić information content (AvgIpc) is 3.84. The summed E-state index contributed by atoms with van der Waals surface area (Å²) in [6.45, 7) is 1.86. The van der Waals surface area contributed by atoms with Crippen LogP contribution in [0.3, 0.4) is 0 Å². The highest BCUT2D eigenvalue weighted by Gasteiger charge is 2.49. The van der Waals surface area contributed by atoms with Crippen LogP contribution in [-0.2, 0) is 32.1 Å². The summed E-state index contributed by atoms with van der Waals surface area (Å²) in [6.07, 6.45) is 9.01. The molecule has 11 nitrogen and oxygen atoms in total. The Bertz CT molecular complexity index is 1500. The molecule has 4 fully saturated rings. The molecule has 0 unspecified atom stereocenters. The fraction of sp³-hybridized carbons (Fsp3) is 0.500. The van der Waals surface area contributed by atoms with Crippen molar-refractivity contribution in [2.75, 3.05) is 25.1 Å². The highest BCUT2D eigenvalue weighted by molar-refractivity contribution is 5.94. The number of nitrogens with one attached hydrogen (secondary N) is 2. The molecule has 3 aromatic rings. The third-order valence-corrected chi connectivity index (χ3v) is 8.68. The summed E-state index contributed by atoms with van der Waals surface area (Å²) < 4.78 is 32.7. The Morgan fingerprint density at radius 1 is 1.12 bits per heavy atom. The van der Waals surface area contributed by atoms with E-state index in [-0.39, 0.29) is 35.6 Å². The number of nitrogens with zero attached hydrogens (tertiary/aromatic N) is 3. The van der Waals surface area contributed by atoms with Crippen molar-refractivity contribution in [3.8, 4) is 11.6 Å². The Morgan fingerprint density at radius 3 is 2.67 bits per heavy atom. The van der Waals surface area contributed by atoms with Gasteiger partial charge in [-0.1, -0.05) is 0 Å². The van der Waals surface area contributed by atoms with Gasteiger partial charge in [-0.25, -0.2) is 14.4 Å². The number of aromatic nitrogens is 3. The second-order valence-corrected chi connectivity index (χ2v) is 11.5. The average molecular weight is 578 g/mol. The number of pyridine rings is 3. The van der Waals surface area contributed by atoms with Gasteiger partial charge in [-0.3, -0.25) is 9.78 Å². The summed E-state index contributed by atoms with van der Waals surface area (Å²) in [5.41, 5.74) is 2.33.